The topological polar surface area (TPSA) is 67.5 Å². The molecule has 20 heavy (non-hydrogen) atoms. The number of benzene rings is 1. The lowest BCUT2D eigenvalue weighted by molar-refractivity contribution is 0.571. The maximum Gasteiger partial charge on any atom is 0.276 e. The molecule has 0 radical (unpaired) electrons. The first-order valence-corrected chi connectivity index (χ1v) is 6.42. The highest BCUT2D eigenvalue weighted by Gasteiger charge is 2.17. The third kappa shape index (κ3) is 1.87. The van der Waals surface area contributed by atoms with E-state index in [-0.39, 0.29) is 22.7 Å². The second-order valence-electron chi connectivity index (χ2n) is 4.96. The van der Waals surface area contributed by atoms with E-state index in [4.69, 9.17) is 4.42 Å². The molecular formula is C15H14N2O3. The Bertz CT molecular complexity index is 870. The van der Waals surface area contributed by atoms with Crippen LogP contribution in [0.1, 0.15) is 25.3 Å². The summed E-state index contributed by atoms with van der Waals surface area (Å²) in [6.45, 7) is 3.78. The molecule has 0 bridgehead atoms. The summed E-state index contributed by atoms with van der Waals surface area (Å²) in [6.07, 6.45) is 0. The van der Waals surface area contributed by atoms with Crippen LogP contribution in [-0.4, -0.2) is 9.61 Å². The van der Waals surface area contributed by atoms with Crippen molar-refractivity contribution in [3.8, 4) is 11.3 Å². The van der Waals surface area contributed by atoms with E-state index >= 15 is 0 Å². The number of H-pyrrole nitrogens is 1. The highest BCUT2D eigenvalue weighted by molar-refractivity contribution is 5.59. The fourth-order valence-electron chi connectivity index (χ4n) is 2.25. The number of hydrogen-bond donors (Lipinski definition) is 1. The zero-order valence-corrected chi connectivity index (χ0v) is 11.2. The van der Waals surface area contributed by atoms with Gasteiger partial charge in [0, 0.05) is 11.6 Å². The van der Waals surface area contributed by atoms with Gasteiger partial charge in [-0.3, -0.25) is 14.7 Å². The van der Waals surface area contributed by atoms with Gasteiger partial charge >= 0.3 is 0 Å². The van der Waals surface area contributed by atoms with Gasteiger partial charge in [-0.25, -0.2) is 0 Å². The van der Waals surface area contributed by atoms with Crippen LogP contribution in [0.3, 0.4) is 0 Å². The molecule has 5 heteroatoms. The van der Waals surface area contributed by atoms with Crippen molar-refractivity contribution in [3.05, 3.63) is 62.7 Å². The van der Waals surface area contributed by atoms with Crippen LogP contribution in [0.25, 0.3) is 17.0 Å². The standard InChI is InChI=1S/C15H14N2O3/c1-9(2)13-14(19)16-17-12(18)8-11(20-15(13)17)10-6-4-3-5-7-10/h3-9H,1-2H3,(H,16,19). The van der Waals surface area contributed by atoms with Gasteiger partial charge in [-0.2, -0.15) is 4.52 Å². The van der Waals surface area contributed by atoms with Gasteiger partial charge in [-0.15, -0.1) is 0 Å². The third-order valence-electron chi connectivity index (χ3n) is 3.21. The number of rotatable bonds is 2. The zero-order chi connectivity index (χ0) is 14.3. The van der Waals surface area contributed by atoms with Gasteiger partial charge < -0.3 is 4.42 Å². The summed E-state index contributed by atoms with van der Waals surface area (Å²) in [5, 5.41) is 2.51. The van der Waals surface area contributed by atoms with Crippen molar-refractivity contribution in [3.63, 3.8) is 0 Å². The number of fused-ring (bicyclic) bond motifs is 1. The molecular weight excluding hydrogens is 256 g/mol. The molecule has 0 amide bonds. The van der Waals surface area contributed by atoms with E-state index in [2.05, 4.69) is 5.10 Å². The summed E-state index contributed by atoms with van der Waals surface area (Å²) < 4.78 is 6.93. The molecule has 0 aliphatic heterocycles. The molecule has 0 aliphatic carbocycles. The first-order valence-electron chi connectivity index (χ1n) is 6.42. The fourth-order valence-corrected chi connectivity index (χ4v) is 2.25. The molecule has 5 nitrogen and oxygen atoms in total. The summed E-state index contributed by atoms with van der Waals surface area (Å²) in [5.41, 5.74) is 0.979. The quantitative estimate of drug-likeness (QED) is 0.777. The zero-order valence-electron chi connectivity index (χ0n) is 11.2. The van der Waals surface area contributed by atoms with Crippen LogP contribution in [0.15, 0.2) is 50.4 Å². The third-order valence-corrected chi connectivity index (χ3v) is 3.21. The normalized spacial score (nSPS) is 11.3. The predicted octanol–water partition coefficient (Wildman–Crippen LogP) is 2.37. The maximum atomic E-state index is 12.1. The Morgan fingerprint density at radius 3 is 2.50 bits per heavy atom. The maximum absolute atomic E-state index is 12.1. The van der Waals surface area contributed by atoms with Crippen molar-refractivity contribution in [1.82, 2.24) is 9.61 Å². The van der Waals surface area contributed by atoms with Crippen LogP contribution >= 0.6 is 0 Å². The second kappa shape index (κ2) is 4.52. The van der Waals surface area contributed by atoms with E-state index < -0.39 is 0 Å². The van der Waals surface area contributed by atoms with Crippen LogP contribution in [0.2, 0.25) is 0 Å². The van der Waals surface area contributed by atoms with Gasteiger partial charge in [0.05, 0.1) is 5.56 Å². The molecule has 2 aromatic heterocycles. The molecule has 0 saturated carbocycles. The molecule has 1 aromatic carbocycles. The molecule has 0 saturated heterocycles. The van der Waals surface area contributed by atoms with Crippen LogP contribution < -0.4 is 11.1 Å². The van der Waals surface area contributed by atoms with Crippen molar-refractivity contribution in [2.75, 3.05) is 0 Å². The average molecular weight is 270 g/mol. The van der Waals surface area contributed by atoms with E-state index in [9.17, 15) is 9.59 Å². The summed E-state index contributed by atoms with van der Waals surface area (Å²) in [6, 6.07) is 10.7. The minimum absolute atomic E-state index is 0.0297. The summed E-state index contributed by atoms with van der Waals surface area (Å²) in [5.74, 6) is 0.425. The molecule has 1 N–H and O–H groups in total. The Morgan fingerprint density at radius 2 is 1.85 bits per heavy atom. The monoisotopic (exact) mass is 270 g/mol. The van der Waals surface area contributed by atoms with Gasteiger partial charge in [0.2, 0.25) is 5.71 Å². The van der Waals surface area contributed by atoms with Crippen molar-refractivity contribution in [1.29, 1.82) is 0 Å². The van der Waals surface area contributed by atoms with E-state index in [1.54, 1.807) is 0 Å². The largest absolute Gasteiger partial charge is 0.438 e. The number of nitrogens with one attached hydrogen (secondary N) is 1. The number of aromatic amines is 1. The minimum atomic E-state index is -0.311. The van der Waals surface area contributed by atoms with Crippen molar-refractivity contribution < 1.29 is 4.42 Å². The molecule has 0 aliphatic rings. The Balaban J connectivity index is 2.36. The Hall–Kier alpha value is -2.56. The average Bonchev–Trinajstić information content (AvgIpc) is 2.76. The highest BCUT2D eigenvalue weighted by Crippen LogP contribution is 2.22. The summed E-state index contributed by atoms with van der Waals surface area (Å²) in [4.78, 5) is 24.0. The Labute approximate surface area is 114 Å². The molecule has 0 fully saturated rings. The minimum Gasteiger partial charge on any atom is -0.438 e. The Kier molecular flexibility index (Phi) is 2.82. The summed E-state index contributed by atoms with van der Waals surface area (Å²) >= 11 is 0. The smallest absolute Gasteiger partial charge is 0.276 e. The molecule has 2 heterocycles. The van der Waals surface area contributed by atoms with Gasteiger partial charge in [0.1, 0.15) is 5.76 Å². The van der Waals surface area contributed by atoms with E-state index in [0.29, 0.717) is 11.3 Å². The van der Waals surface area contributed by atoms with Crippen molar-refractivity contribution >= 4 is 5.71 Å². The highest BCUT2D eigenvalue weighted by atomic mass is 16.3. The lowest BCUT2D eigenvalue weighted by atomic mass is 10.1. The molecule has 0 spiro atoms. The first kappa shape index (κ1) is 12.5. The SMILES string of the molecule is CC(C)c1c(=O)[nH]n2c(=O)cc(-c3ccccc3)oc12. The van der Waals surface area contributed by atoms with E-state index in [1.165, 1.54) is 6.07 Å². The molecule has 3 rings (SSSR count). The molecule has 0 atom stereocenters. The number of hydrogen-bond acceptors (Lipinski definition) is 3. The van der Waals surface area contributed by atoms with Crippen LogP contribution in [0.5, 0.6) is 0 Å². The predicted molar refractivity (Wildman–Crippen MR) is 76.1 cm³/mol. The molecule has 3 aromatic rings. The van der Waals surface area contributed by atoms with Crippen LogP contribution in [0.4, 0.5) is 0 Å². The first-order chi connectivity index (χ1) is 9.58. The Morgan fingerprint density at radius 1 is 1.15 bits per heavy atom. The van der Waals surface area contributed by atoms with E-state index in [1.807, 2.05) is 44.2 Å². The number of nitrogens with zero attached hydrogens (tertiary/aromatic N) is 1. The molecule has 102 valence electrons. The van der Waals surface area contributed by atoms with Gasteiger partial charge in [0.15, 0.2) is 0 Å². The lowest BCUT2D eigenvalue weighted by Crippen LogP contribution is -2.14. The second-order valence-corrected chi connectivity index (χ2v) is 4.96. The van der Waals surface area contributed by atoms with Crippen LogP contribution in [0, 0.1) is 0 Å². The van der Waals surface area contributed by atoms with E-state index in [0.717, 1.165) is 10.1 Å². The van der Waals surface area contributed by atoms with Crippen LogP contribution in [-0.2, 0) is 0 Å². The lowest BCUT2D eigenvalue weighted by Gasteiger charge is -2.03. The fraction of sp³-hybridized carbons (Fsp3) is 0.200. The molecule has 0 unspecified atom stereocenters. The van der Waals surface area contributed by atoms with Gasteiger partial charge in [-0.1, -0.05) is 44.2 Å². The summed E-state index contributed by atoms with van der Waals surface area (Å²) in [7, 11) is 0. The van der Waals surface area contributed by atoms with Crippen molar-refractivity contribution in [2.24, 2.45) is 0 Å². The van der Waals surface area contributed by atoms with Gasteiger partial charge in [-0.05, 0) is 5.92 Å². The van der Waals surface area contributed by atoms with Gasteiger partial charge in [0.25, 0.3) is 11.1 Å². The van der Waals surface area contributed by atoms with Crippen molar-refractivity contribution in [2.45, 2.75) is 19.8 Å². The number of aromatic nitrogens is 2.